The minimum Gasteiger partial charge on any atom is -0.478 e. The number of carbonyl (C=O) groups excluding carboxylic acids is 3. The van der Waals surface area contributed by atoms with Gasteiger partial charge in [-0.2, -0.15) is 21.6 Å². The van der Waals surface area contributed by atoms with Gasteiger partial charge in [0.2, 0.25) is 0 Å². The van der Waals surface area contributed by atoms with E-state index >= 15 is 0 Å². The first-order valence-electron chi connectivity index (χ1n) is 10.6. The molecule has 0 saturated carbocycles. The molecule has 0 spiro atoms. The first kappa shape index (κ1) is 26.8. The Balaban J connectivity index is 1.79. The van der Waals surface area contributed by atoms with Crippen LogP contribution >= 0.6 is 0 Å². The van der Waals surface area contributed by atoms with Gasteiger partial charge in [0.1, 0.15) is 5.60 Å². The van der Waals surface area contributed by atoms with Crippen molar-refractivity contribution in [1.29, 1.82) is 0 Å². The fourth-order valence-electron chi connectivity index (χ4n) is 3.88. The van der Waals surface area contributed by atoms with Gasteiger partial charge >= 0.3 is 27.6 Å². The van der Waals surface area contributed by atoms with Gasteiger partial charge in [-0.25, -0.2) is 9.59 Å². The molecule has 1 unspecified atom stereocenters. The molecule has 198 valence electrons. The number of halogens is 3. The first-order valence-corrected chi connectivity index (χ1v) is 12.0. The van der Waals surface area contributed by atoms with Gasteiger partial charge in [-0.05, 0) is 61.4 Å². The van der Waals surface area contributed by atoms with E-state index in [2.05, 4.69) is 4.28 Å². The highest BCUT2D eigenvalue weighted by atomic mass is 32.2. The van der Waals surface area contributed by atoms with Crippen LogP contribution < -0.4 is 0 Å². The molecule has 1 aliphatic carbocycles. The molecular weight excluding hydrogens is 535 g/mol. The fourth-order valence-corrected chi connectivity index (χ4v) is 4.30. The summed E-state index contributed by atoms with van der Waals surface area (Å²) in [6, 6.07) is 7.73. The number of benzene rings is 2. The van der Waals surface area contributed by atoms with Crippen molar-refractivity contribution in [3.8, 4) is 0 Å². The molecule has 0 aromatic heterocycles. The number of carbonyl (C=O) groups is 4. The number of nitrogens with zero attached hydrogens (tertiary/aromatic N) is 1. The van der Waals surface area contributed by atoms with Crippen molar-refractivity contribution in [1.82, 2.24) is 5.06 Å². The van der Waals surface area contributed by atoms with E-state index < -0.39 is 55.6 Å². The number of carboxylic acids is 1. The average Bonchev–Trinajstić information content (AvgIpc) is 2.96. The molecule has 4 rings (SSSR count). The molecule has 1 aliphatic heterocycles. The van der Waals surface area contributed by atoms with Crippen LogP contribution in [0.15, 0.2) is 48.6 Å². The average molecular weight is 551 g/mol. The van der Waals surface area contributed by atoms with Crippen LogP contribution in [0.5, 0.6) is 0 Å². The second kappa shape index (κ2) is 8.92. The number of hydrogen-bond donors (Lipinski definition) is 1. The zero-order chi connectivity index (χ0) is 28.2. The molecule has 1 heterocycles. The lowest BCUT2D eigenvalue weighted by Crippen LogP contribution is -2.45. The molecule has 1 N–H and O–H groups in total. The molecule has 0 fully saturated rings. The van der Waals surface area contributed by atoms with Crippen LogP contribution in [-0.2, 0) is 23.9 Å². The summed E-state index contributed by atoms with van der Waals surface area (Å²) in [5, 5.41) is 8.74. The number of carboxylic acid groups (broad SMARTS) is 1. The third-order valence-corrected chi connectivity index (χ3v) is 6.46. The molecule has 0 bridgehead atoms. The summed E-state index contributed by atoms with van der Waals surface area (Å²) in [6.07, 6.45) is 3.75. The number of aromatic carboxylic acids is 1. The van der Waals surface area contributed by atoms with Gasteiger partial charge in [0, 0.05) is 5.56 Å². The van der Waals surface area contributed by atoms with Crippen molar-refractivity contribution in [3.05, 3.63) is 81.9 Å². The molecule has 14 heteroatoms. The molecule has 2 amide bonds. The minimum atomic E-state index is -6.39. The summed E-state index contributed by atoms with van der Waals surface area (Å²) in [5.41, 5.74) is -8.17. The van der Waals surface area contributed by atoms with Gasteiger partial charge in [0.15, 0.2) is 0 Å². The lowest BCUT2D eigenvalue weighted by molar-refractivity contribution is -0.144. The number of ether oxygens (including phenoxy) is 1. The first-order chi connectivity index (χ1) is 17.5. The van der Waals surface area contributed by atoms with E-state index in [1.54, 1.807) is 6.92 Å². The summed E-state index contributed by atoms with van der Waals surface area (Å²) in [7, 11) is -6.39. The van der Waals surface area contributed by atoms with Crippen molar-refractivity contribution < 1.29 is 54.9 Å². The lowest BCUT2D eigenvalue weighted by Gasteiger charge is -2.29. The molecule has 2 aromatic carbocycles. The monoisotopic (exact) mass is 551 g/mol. The van der Waals surface area contributed by atoms with Gasteiger partial charge < -0.3 is 9.84 Å². The van der Waals surface area contributed by atoms with E-state index in [1.165, 1.54) is 43.3 Å². The van der Waals surface area contributed by atoms with Gasteiger partial charge in [0.05, 0.1) is 22.3 Å². The van der Waals surface area contributed by atoms with Crippen molar-refractivity contribution in [2.75, 3.05) is 0 Å². The third kappa shape index (κ3) is 4.70. The van der Waals surface area contributed by atoms with Crippen LogP contribution in [0.1, 0.15) is 54.7 Å². The van der Waals surface area contributed by atoms with E-state index in [0.717, 1.165) is 18.2 Å². The zero-order valence-corrected chi connectivity index (χ0v) is 20.2. The summed E-state index contributed by atoms with van der Waals surface area (Å²) in [5.74, 6) is -5.29. The van der Waals surface area contributed by atoms with Gasteiger partial charge in [0.25, 0.3) is 11.8 Å². The Labute approximate surface area is 212 Å². The largest absolute Gasteiger partial charge is 0.525 e. The summed E-state index contributed by atoms with van der Waals surface area (Å²) >= 11 is 0. The summed E-state index contributed by atoms with van der Waals surface area (Å²) in [6.45, 7) is 2.87. The van der Waals surface area contributed by atoms with Crippen molar-refractivity contribution in [3.63, 3.8) is 0 Å². The highest BCUT2D eigenvalue weighted by Gasteiger charge is 2.52. The van der Waals surface area contributed by atoms with Gasteiger partial charge in [-0.3, -0.25) is 9.59 Å². The van der Waals surface area contributed by atoms with Crippen molar-refractivity contribution >= 4 is 45.5 Å². The predicted octanol–water partition coefficient (Wildman–Crippen LogP) is 3.48. The Morgan fingerprint density at radius 2 is 1.71 bits per heavy atom. The Morgan fingerprint density at radius 3 is 2.34 bits per heavy atom. The highest BCUT2D eigenvalue weighted by Crippen LogP contribution is 2.39. The number of alkyl halides is 3. The van der Waals surface area contributed by atoms with Crippen LogP contribution in [0, 0.1) is 6.92 Å². The van der Waals surface area contributed by atoms with Crippen molar-refractivity contribution in [2.24, 2.45) is 0 Å². The number of hydroxylamine groups is 2. The fraction of sp³-hybridized carbons (Fsp3) is 0.167. The normalized spacial score (nSPS) is 19.0. The van der Waals surface area contributed by atoms with Gasteiger partial charge in [-0.1, -0.05) is 18.2 Å². The number of imide groups is 1. The second-order valence-electron chi connectivity index (χ2n) is 8.51. The van der Waals surface area contributed by atoms with E-state index in [0.29, 0.717) is 5.56 Å². The van der Waals surface area contributed by atoms with Crippen LogP contribution in [0.2, 0.25) is 0 Å². The van der Waals surface area contributed by atoms with Crippen LogP contribution in [0.25, 0.3) is 11.6 Å². The SMILES string of the molecule is Cc1cc(C(=O)O)cc(C(=O)OC2(C)C=Cc3cccc4c3C(=C2)C(=O)N(OS(=O)(=O)C(F)(F)F)C4=O)c1. The topological polar surface area (TPSA) is 144 Å². The molecule has 2 aliphatic rings. The minimum absolute atomic E-state index is 0.0356. The Bertz CT molecular complexity index is 1590. The Hall–Kier alpha value is -4.30. The molecular formula is C24H16F3NO9S. The van der Waals surface area contributed by atoms with Crippen LogP contribution in [0.4, 0.5) is 13.2 Å². The quantitative estimate of drug-likeness (QED) is 0.335. The molecule has 10 nitrogen and oxygen atoms in total. The van der Waals surface area contributed by atoms with E-state index in [-0.39, 0.29) is 27.8 Å². The molecule has 0 saturated heterocycles. The van der Waals surface area contributed by atoms with E-state index in [9.17, 15) is 45.9 Å². The standard InChI is InChI=1S/C24H16F3NO9S/c1-12-8-14(21(31)32)10-15(9-12)22(33)36-23(2)7-6-13-4-3-5-16-18(13)17(11-23)20(30)28(19(16)29)37-38(34,35)24(25,26)27/h3-11H,1-2H3,(H,31,32). The second-order valence-corrected chi connectivity index (χ2v) is 10.0. The maximum atomic E-state index is 13.1. The smallest absolute Gasteiger partial charge is 0.478 e. The van der Waals surface area contributed by atoms with Crippen LogP contribution in [-0.4, -0.2) is 53.4 Å². The van der Waals surface area contributed by atoms with Crippen LogP contribution in [0.3, 0.4) is 0 Å². The summed E-state index contributed by atoms with van der Waals surface area (Å²) < 4.78 is 71.3. The number of hydrogen-bond acceptors (Lipinski definition) is 8. The maximum absolute atomic E-state index is 13.1. The molecule has 2 aromatic rings. The number of amides is 2. The zero-order valence-electron chi connectivity index (χ0n) is 19.4. The van der Waals surface area contributed by atoms with Gasteiger partial charge in [-0.15, -0.1) is 9.35 Å². The highest BCUT2D eigenvalue weighted by molar-refractivity contribution is 7.87. The number of aryl methyl sites for hydroxylation is 1. The van der Waals surface area contributed by atoms with E-state index in [4.69, 9.17) is 4.74 Å². The molecule has 38 heavy (non-hydrogen) atoms. The Morgan fingerprint density at radius 1 is 1.05 bits per heavy atom. The predicted molar refractivity (Wildman–Crippen MR) is 123 cm³/mol. The molecule has 1 atom stereocenters. The number of rotatable bonds is 5. The maximum Gasteiger partial charge on any atom is 0.525 e. The van der Waals surface area contributed by atoms with Crippen molar-refractivity contribution in [2.45, 2.75) is 25.0 Å². The number of esters is 1. The lowest BCUT2D eigenvalue weighted by atomic mass is 9.90. The Kier molecular flexibility index (Phi) is 6.28. The molecule has 0 radical (unpaired) electrons. The van der Waals surface area contributed by atoms with E-state index in [1.807, 2.05) is 0 Å². The third-order valence-electron chi connectivity index (χ3n) is 5.55. The summed E-state index contributed by atoms with van der Waals surface area (Å²) in [4.78, 5) is 50.2.